The van der Waals surface area contributed by atoms with Gasteiger partial charge in [0.05, 0.1) is 17.1 Å². The monoisotopic (exact) mass is 328 g/mol. The van der Waals surface area contributed by atoms with Crippen LogP contribution < -0.4 is 10.5 Å². The van der Waals surface area contributed by atoms with E-state index in [0.717, 1.165) is 6.07 Å². The Bertz CT molecular complexity index is 672. The van der Waals surface area contributed by atoms with Crippen molar-refractivity contribution in [2.45, 2.75) is 6.18 Å². The van der Waals surface area contributed by atoms with Crippen LogP contribution in [0, 0.1) is 0 Å². The van der Waals surface area contributed by atoms with Crippen molar-refractivity contribution in [3.63, 3.8) is 0 Å². The minimum absolute atomic E-state index is 0.0573. The van der Waals surface area contributed by atoms with Crippen molar-refractivity contribution in [1.82, 2.24) is 0 Å². The summed E-state index contributed by atoms with van der Waals surface area (Å²) < 4.78 is 44.8. The number of halogens is 4. The van der Waals surface area contributed by atoms with E-state index in [1.807, 2.05) is 0 Å². The van der Waals surface area contributed by atoms with Crippen LogP contribution in [0.1, 0.15) is 5.56 Å². The molecule has 2 aromatic carbocycles. The molecular weight excluding hydrogens is 317 g/mol. The second-order valence-corrected chi connectivity index (χ2v) is 4.60. The number of para-hydroxylation sites is 1. The zero-order chi connectivity index (χ0) is 16.2. The third-order valence-corrected chi connectivity index (χ3v) is 2.93. The lowest BCUT2D eigenvalue weighted by Gasteiger charge is -2.13. The summed E-state index contributed by atoms with van der Waals surface area (Å²) in [7, 11) is 0. The van der Waals surface area contributed by atoms with Gasteiger partial charge < -0.3 is 10.5 Å². The van der Waals surface area contributed by atoms with Crippen molar-refractivity contribution >= 4 is 23.1 Å². The number of rotatable bonds is 4. The standard InChI is InChI=1S/C15H12ClF3N2O/c16-9-14(20)21-13-7-6-11(8-12(13)15(17,18)19)22-10-4-2-1-3-5-10/h1-8H,9H2,(H2,20,21). The Hall–Kier alpha value is -2.21. The average Bonchev–Trinajstić information content (AvgIpc) is 2.48. The Kier molecular flexibility index (Phi) is 4.92. The Labute approximate surface area is 130 Å². The van der Waals surface area contributed by atoms with Crippen LogP contribution in [0.25, 0.3) is 0 Å². The molecule has 0 aromatic heterocycles. The van der Waals surface area contributed by atoms with Gasteiger partial charge in [-0.1, -0.05) is 18.2 Å². The fourth-order valence-electron chi connectivity index (χ4n) is 1.71. The minimum atomic E-state index is -4.58. The number of hydrogen-bond donors (Lipinski definition) is 1. The van der Waals surface area contributed by atoms with Crippen molar-refractivity contribution in [3.8, 4) is 11.5 Å². The van der Waals surface area contributed by atoms with Crippen LogP contribution in [0.4, 0.5) is 18.9 Å². The summed E-state index contributed by atoms with van der Waals surface area (Å²) in [5, 5.41) is 0. The largest absolute Gasteiger partial charge is 0.457 e. The molecule has 0 amide bonds. The van der Waals surface area contributed by atoms with Crippen LogP contribution in [-0.2, 0) is 6.18 Å². The summed E-state index contributed by atoms with van der Waals surface area (Å²) in [6.07, 6.45) is -4.58. The molecule has 0 saturated carbocycles. The molecule has 0 unspecified atom stereocenters. The molecule has 2 N–H and O–H groups in total. The molecule has 2 aromatic rings. The first-order chi connectivity index (χ1) is 10.4. The van der Waals surface area contributed by atoms with Crippen LogP contribution in [0.3, 0.4) is 0 Å². The van der Waals surface area contributed by atoms with Crippen molar-refractivity contribution in [2.75, 3.05) is 5.88 Å². The predicted octanol–water partition coefficient (Wildman–Crippen LogP) is 4.73. The van der Waals surface area contributed by atoms with Crippen molar-refractivity contribution < 1.29 is 17.9 Å². The Morgan fingerprint density at radius 2 is 1.77 bits per heavy atom. The molecule has 0 atom stereocenters. The number of ether oxygens (including phenoxy) is 1. The van der Waals surface area contributed by atoms with Gasteiger partial charge in [0.25, 0.3) is 0 Å². The molecule has 0 bridgehead atoms. The van der Waals surface area contributed by atoms with Crippen LogP contribution in [-0.4, -0.2) is 11.7 Å². The van der Waals surface area contributed by atoms with Crippen LogP contribution in [0.2, 0.25) is 0 Å². The summed E-state index contributed by atoms with van der Waals surface area (Å²) >= 11 is 5.45. The van der Waals surface area contributed by atoms with Gasteiger partial charge in [-0.15, -0.1) is 11.6 Å². The summed E-state index contributed by atoms with van der Waals surface area (Å²) in [5.74, 6) is 0.248. The molecule has 116 valence electrons. The summed E-state index contributed by atoms with van der Waals surface area (Å²) in [4.78, 5) is 3.68. The van der Waals surface area contributed by atoms with E-state index in [1.54, 1.807) is 30.3 Å². The Morgan fingerprint density at radius 3 is 2.36 bits per heavy atom. The van der Waals surface area contributed by atoms with E-state index >= 15 is 0 Å². The van der Waals surface area contributed by atoms with Crippen molar-refractivity contribution in [2.24, 2.45) is 10.7 Å². The van der Waals surface area contributed by atoms with Gasteiger partial charge in [-0.3, -0.25) is 0 Å². The first-order valence-corrected chi connectivity index (χ1v) is 6.77. The highest BCUT2D eigenvalue weighted by Crippen LogP contribution is 2.39. The average molecular weight is 329 g/mol. The Morgan fingerprint density at radius 1 is 1.09 bits per heavy atom. The molecule has 3 nitrogen and oxygen atoms in total. The lowest BCUT2D eigenvalue weighted by molar-refractivity contribution is -0.137. The van der Waals surface area contributed by atoms with Gasteiger partial charge in [0.2, 0.25) is 0 Å². The summed E-state index contributed by atoms with van der Waals surface area (Å²) in [5.41, 5.74) is 4.16. The number of alkyl halides is 4. The van der Waals surface area contributed by atoms with Crippen LogP contribution >= 0.6 is 11.6 Å². The SMILES string of the molecule is NC(CCl)=Nc1ccc(Oc2ccccc2)cc1C(F)(F)F. The van der Waals surface area contributed by atoms with Gasteiger partial charge in [-0.25, -0.2) is 4.99 Å². The maximum absolute atomic E-state index is 13.1. The maximum atomic E-state index is 13.1. The van der Waals surface area contributed by atoms with Crippen LogP contribution in [0.5, 0.6) is 11.5 Å². The normalized spacial score (nSPS) is 12.3. The van der Waals surface area contributed by atoms with Gasteiger partial charge in [0.15, 0.2) is 0 Å². The summed E-state index contributed by atoms with van der Waals surface area (Å²) in [6, 6.07) is 12.0. The number of hydrogen-bond acceptors (Lipinski definition) is 2. The number of benzene rings is 2. The van der Waals surface area contributed by atoms with Crippen molar-refractivity contribution in [1.29, 1.82) is 0 Å². The number of amidine groups is 1. The van der Waals surface area contributed by atoms with Gasteiger partial charge >= 0.3 is 6.18 Å². The molecule has 0 fully saturated rings. The second kappa shape index (κ2) is 6.70. The molecule has 0 aliphatic carbocycles. The van der Waals surface area contributed by atoms with E-state index in [2.05, 4.69) is 4.99 Å². The first-order valence-electron chi connectivity index (χ1n) is 6.23. The molecule has 0 saturated heterocycles. The van der Waals surface area contributed by atoms with E-state index in [9.17, 15) is 13.2 Å². The quantitative estimate of drug-likeness (QED) is 0.501. The molecule has 0 radical (unpaired) electrons. The van der Waals surface area contributed by atoms with Gasteiger partial charge in [-0.05, 0) is 30.3 Å². The fraction of sp³-hybridized carbons (Fsp3) is 0.133. The molecule has 0 aliphatic heterocycles. The molecule has 0 heterocycles. The smallest absolute Gasteiger partial charge is 0.418 e. The zero-order valence-corrected chi connectivity index (χ0v) is 12.0. The van der Waals surface area contributed by atoms with E-state index in [-0.39, 0.29) is 23.2 Å². The molecule has 7 heteroatoms. The topological polar surface area (TPSA) is 47.6 Å². The third kappa shape index (κ3) is 4.14. The fourth-order valence-corrected chi connectivity index (χ4v) is 1.77. The highest BCUT2D eigenvalue weighted by Gasteiger charge is 2.34. The predicted molar refractivity (Wildman–Crippen MR) is 80.0 cm³/mol. The molecule has 0 spiro atoms. The second-order valence-electron chi connectivity index (χ2n) is 4.33. The molecule has 2 rings (SSSR count). The molecule has 0 aliphatic rings. The number of aliphatic imine (C=N–C) groups is 1. The summed E-state index contributed by atoms with van der Waals surface area (Å²) in [6.45, 7) is 0. The third-order valence-electron chi connectivity index (χ3n) is 2.65. The van der Waals surface area contributed by atoms with Gasteiger partial charge in [0.1, 0.15) is 17.3 Å². The Balaban J connectivity index is 2.40. The highest BCUT2D eigenvalue weighted by atomic mass is 35.5. The van der Waals surface area contributed by atoms with E-state index in [0.29, 0.717) is 5.75 Å². The van der Waals surface area contributed by atoms with E-state index < -0.39 is 11.7 Å². The highest BCUT2D eigenvalue weighted by molar-refractivity contribution is 6.28. The van der Waals surface area contributed by atoms with Crippen molar-refractivity contribution in [3.05, 3.63) is 54.1 Å². The molecular formula is C15H12ClF3N2O. The lowest BCUT2D eigenvalue weighted by Crippen LogP contribution is -2.13. The van der Waals surface area contributed by atoms with Gasteiger partial charge in [-0.2, -0.15) is 13.2 Å². The van der Waals surface area contributed by atoms with Crippen LogP contribution in [0.15, 0.2) is 53.5 Å². The minimum Gasteiger partial charge on any atom is -0.457 e. The molecule has 22 heavy (non-hydrogen) atoms. The first kappa shape index (κ1) is 16.2. The maximum Gasteiger partial charge on any atom is 0.418 e. The van der Waals surface area contributed by atoms with E-state index in [1.165, 1.54) is 12.1 Å². The zero-order valence-electron chi connectivity index (χ0n) is 11.3. The number of nitrogens with two attached hydrogens (primary N) is 1. The van der Waals surface area contributed by atoms with Gasteiger partial charge in [0, 0.05) is 0 Å². The number of nitrogens with zero attached hydrogens (tertiary/aromatic N) is 1. The lowest BCUT2D eigenvalue weighted by atomic mass is 10.1. The van der Waals surface area contributed by atoms with E-state index in [4.69, 9.17) is 22.1 Å².